The van der Waals surface area contributed by atoms with E-state index in [1.54, 1.807) is 6.07 Å². The Bertz CT molecular complexity index is 797. The maximum atomic E-state index is 13.2. The van der Waals surface area contributed by atoms with Gasteiger partial charge in [0.15, 0.2) is 0 Å². The average molecular weight is 362 g/mol. The largest absolute Gasteiger partial charge is 0.333 e. The fourth-order valence-corrected chi connectivity index (χ4v) is 5.03. The molecule has 2 saturated carbocycles. The minimum Gasteiger partial charge on any atom is -0.333 e. The SMILES string of the molecule is CC(C1CC1)N(C(=O)c1ccc2c(c1)CCCN2S(C)(=O)=O)C1CC1. The second-order valence-electron chi connectivity index (χ2n) is 7.80. The van der Waals surface area contributed by atoms with Crippen molar-refractivity contribution in [1.29, 1.82) is 0 Å². The number of aryl methyl sites for hydroxylation is 1. The number of hydrogen-bond acceptors (Lipinski definition) is 3. The number of hydrogen-bond donors (Lipinski definition) is 0. The van der Waals surface area contributed by atoms with Crippen LogP contribution in [0.5, 0.6) is 0 Å². The van der Waals surface area contributed by atoms with E-state index in [1.807, 2.05) is 12.1 Å². The molecule has 136 valence electrons. The molecule has 4 rings (SSSR count). The first-order valence-corrected chi connectivity index (χ1v) is 11.1. The zero-order valence-electron chi connectivity index (χ0n) is 14.9. The zero-order chi connectivity index (χ0) is 17.8. The molecule has 1 aromatic carbocycles. The van der Waals surface area contributed by atoms with Gasteiger partial charge < -0.3 is 4.90 Å². The van der Waals surface area contributed by atoms with Crippen LogP contribution in [-0.2, 0) is 16.4 Å². The number of amides is 1. The molecule has 0 N–H and O–H groups in total. The summed E-state index contributed by atoms with van der Waals surface area (Å²) < 4.78 is 25.5. The van der Waals surface area contributed by atoms with Crippen LogP contribution in [0.25, 0.3) is 0 Å². The Morgan fingerprint density at radius 1 is 1.24 bits per heavy atom. The van der Waals surface area contributed by atoms with Crippen LogP contribution in [0.4, 0.5) is 5.69 Å². The molecule has 1 unspecified atom stereocenters. The number of carbonyl (C=O) groups is 1. The van der Waals surface area contributed by atoms with E-state index in [0.717, 1.165) is 36.9 Å². The molecule has 1 aliphatic heterocycles. The molecule has 2 aliphatic carbocycles. The highest BCUT2D eigenvalue weighted by atomic mass is 32.2. The fraction of sp³-hybridized carbons (Fsp3) is 0.632. The van der Waals surface area contributed by atoms with Gasteiger partial charge in [0.25, 0.3) is 5.91 Å². The van der Waals surface area contributed by atoms with Crippen LogP contribution < -0.4 is 4.31 Å². The topological polar surface area (TPSA) is 57.7 Å². The number of benzene rings is 1. The summed E-state index contributed by atoms with van der Waals surface area (Å²) in [6.45, 7) is 2.70. The van der Waals surface area contributed by atoms with Gasteiger partial charge in [0.05, 0.1) is 11.9 Å². The van der Waals surface area contributed by atoms with Gasteiger partial charge in [-0.05, 0) is 75.1 Å². The van der Waals surface area contributed by atoms with Crippen molar-refractivity contribution in [3.05, 3.63) is 29.3 Å². The summed E-state index contributed by atoms with van der Waals surface area (Å²) in [7, 11) is -3.27. The Hall–Kier alpha value is -1.56. The van der Waals surface area contributed by atoms with Gasteiger partial charge in [-0.25, -0.2) is 8.42 Å². The summed E-state index contributed by atoms with van der Waals surface area (Å²) in [6, 6.07) is 6.24. The molecule has 0 bridgehead atoms. The standard InChI is InChI=1S/C19H26N2O3S/c1-13(14-5-6-14)21(17-8-9-17)19(22)16-7-10-18-15(12-16)4-3-11-20(18)25(2,23)24/h7,10,12-14,17H,3-6,8-9,11H2,1-2H3. The van der Waals surface area contributed by atoms with E-state index in [9.17, 15) is 13.2 Å². The monoisotopic (exact) mass is 362 g/mol. The van der Waals surface area contributed by atoms with E-state index in [0.29, 0.717) is 30.1 Å². The summed E-state index contributed by atoms with van der Waals surface area (Å²) in [5, 5.41) is 0. The van der Waals surface area contributed by atoms with E-state index < -0.39 is 10.0 Å². The molecular formula is C19H26N2O3S. The highest BCUT2D eigenvalue weighted by molar-refractivity contribution is 7.92. The average Bonchev–Trinajstić information content (AvgIpc) is 3.45. The van der Waals surface area contributed by atoms with Crippen molar-refractivity contribution in [3.8, 4) is 0 Å². The lowest BCUT2D eigenvalue weighted by molar-refractivity contribution is 0.0654. The van der Waals surface area contributed by atoms with Crippen LogP contribution in [0, 0.1) is 5.92 Å². The zero-order valence-corrected chi connectivity index (χ0v) is 15.8. The minimum absolute atomic E-state index is 0.112. The fourth-order valence-electron chi connectivity index (χ4n) is 4.03. The second kappa shape index (κ2) is 6.01. The molecule has 1 atom stereocenters. The van der Waals surface area contributed by atoms with Gasteiger partial charge >= 0.3 is 0 Å². The van der Waals surface area contributed by atoms with Crippen molar-refractivity contribution >= 4 is 21.6 Å². The second-order valence-corrected chi connectivity index (χ2v) is 9.71. The molecule has 25 heavy (non-hydrogen) atoms. The Balaban J connectivity index is 1.63. The molecule has 0 aromatic heterocycles. The van der Waals surface area contributed by atoms with E-state index in [1.165, 1.54) is 23.4 Å². The van der Waals surface area contributed by atoms with Crippen molar-refractivity contribution in [1.82, 2.24) is 4.90 Å². The quantitative estimate of drug-likeness (QED) is 0.809. The molecule has 1 aromatic rings. The summed E-state index contributed by atoms with van der Waals surface area (Å²) in [5.41, 5.74) is 2.41. The lowest BCUT2D eigenvalue weighted by Crippen LogP contribution is -2.41. The summed E-state index contributed by atoms with van der Waals surface area (Å²) in [6.07, 6.45) is 7.53. The van der Waals surface area contributed by atoms with E-state index in [4.69, 9.17) is 0 Å². The maximum Gasteiger partial charge on any atom is 0.254 e. The molecule has 1 heterocycles. The van der Waals surface area contributed by atoms with Crippen LogP contribution >= 0.6 is 0 Å². The van der Waals surface area contributed by atoms with Gasteiger partial charge in [-0.15, -0.1) is 0 Å². The molecule has 0 radical (unpaired) electrons. The van der Waals surface area contributed by atoms with Crippen LogP contribution in [0.1, 0.15) is 54.9 Å². The summed E-state index contributed by atoms with van der Waals surface area (Å²) >= 11 is 0. The predicted molar refractivity (Wildman–Crippen MR) is 98.3 cm³/mol. The predicted octanol–water partition coefficient (Wildman–Crippen LogP) is 2.80. The Morgan fingerprint density at radius 3 is 2.56 bits per heavy atom. The normalized spacial score (nSPS) is 21.6. The van der Waals surface area contributed by atoms with Gasteiger partial charge in [-0.1, -0.05) is 0 Å². The third kappa shape index (κ3) is 3.28. The Labute approximate surface area is 150 Å². The Kier molecular flexibility index (Phi) is 4.06. The molecular weight excluding hydrogens is 336 g/mol. The minimum atomic E-state index is -3.27. The molecule has 5 nitrogen and oxygen atoms in total. The molecule has 1 amide bonds. The van der Waals surface area contributed by atoms with Crippen molar-refractivity contribution < 1.29 is 13.2 Å². The third-order valence-electron chi connectivity index (χ3n) is 5.72. The summed E-state index contributed by atoms with van der Waals surface area (Å²) in [4.78, 5) is 15.3. The van der Waals surface area contributed by atoms with E-state index in [2.05, 4.69) is 11.8 Å². The summed E-state index contributed by atoms with van der Waals surface area (Å²) in [5.74, 6) is 0.768. The first-order valence-electron chi connectivity index (χ1n) is 9.29. The van der Waals surface area contributed by atoms with Gasteiger partial charge in [0.1, 0.15) is 0 Å². The Morgan fingerprint density at radius 2 is 1.96 bits per heavy atom. The number of anilines is 1. The van der Waals surface area contributed by atoms with Gasteiger partial charge in [0.2, 0.25) is 10.0 Å². The van der Waals surface area contributed by atoms with Crippen LogP contribution in [0.3, 0.4) is 0 Å². The number of sulfonamides is 1. The van der Waals surface area contributed by atoms with Crippen molar-refractivity contribution in [2.75, 3.05) is 17.1 Å². The highest BCUT2D eigenvalue weighted by Gasteiger charge is 2.42. The third-order valence-corrected chi connectivity index (χ3v) is 6.90. The first-order chi connectivity index (χ1) is 11.9. The number of nitrogens with zero attached hydrogens (tertiary/aromatic N) is 2. The molecule has 0 saturated heterocycles. The first kappa shape index (κ1) is 16.9. The number of fused-ring (bicyclic) bond motifs is 1. The lowest BCUT2D eigenvalue weighted by atomic mass is 9.99. The smallest absolute Gasteiger partial charge is 0.254 e. The molecule has 0 spiro atoms. The van der Waals surface area contributed by atoms with Crippen molar-refractivity contribution in [2.24, 2.45) is 5.92 Å². The van der Waals surface area contributed by atoms with Crippen LogP contribution in [-0.4, -0.2) is 44.1 Å². The van der Waals surface area contributed by atoms with Crippen LogP contribution in [0.2, 0.25) is 0 Å². The van der Waals surface area contributed by atoms with Crippen LogP contribution in [0.15, 0.2) is 18.2 Å². The number of rotatable bonds is 5. The van der Waals surface area contributed by atoms with E-state index in [-0.39, 0.29) is 5.91 Å². The van der Waals surface area contributed by atoms with E-state index >= 15 is 0 Å². The maximum absolute atomic E-state index is 13.2. The van der Waals surface area contributed by atoms with Crippen molar-refractivity contribution in [3.63, 3.8) is 0 Å². The van der Waals surface area contributed by atoms with Crippen molar-refractivity contribution in [2.45, 2.75) is 57.5 Å². The molecule has 6 heteroatoms. The van der Waals surface area contributed by atoms with Gasteiger partial charge in [0, 0.05) is 24.2 Å². The molecule has 2 fully saturated rings. The molecule has 3 aliphatic rings. The van der Waals surface area contributed by atoms with Gasteiger partial charge in [-0.3, -0.25) is 9.10 Å². The van der Waals surface area contributed by atoms with Gasteiger partial charge in [-0.2, -0.15) is 0 Å². The number of carbonyl (C=O) groups excluding carboxylic acids is 1. The highest BCUT2D eigenvalue weighted by Crippen LogP contribution is 2.40. The lowest BCUT2D eigenvalue weighted by Gasteiger charge is -2.32.